The second kappa shape index (κ2) is 10.1. The highest BCUT2D eigenvalue weighted by Crippen LogP contribution is 2.18. The molecule has 0 radical (unpaired) electrons. The van der Waals surface area contributed by atoms with E-state index in [9.17, 15) is 9.59 Å². The fraction of sp³-hybridized carbons (Fsp3) is 0.867. The van der Waals surface area contributed by atoms with Crippen LogP contribution in [0, 0.1) is 11.8 Å². The first kappa shape index (κ1) is 17.1. The van der Waals surface area contributed by atoms with Crippen LogP contribution in [0.4, 0.5) is 0 Å². The van der Waals surface area contributed by atoms with Gasteiger partial charge in [-0.2, -0.15) is 0 Å². The van der Waals surface area contributed by atoms with Crippen molar-refractivity contribution in [1.29, 1.82) is 0 Å². The molecule has 2 unspecified atom stereocenters. The molecule has 0 amide bonds. The number of hydrogen-bond acceptors (Lipinski definition) is 2. The summed E-state index contributed by atoms with van der Waals surface area (Å²) in [6.07, 6.45) is 7.94. The molecule has 1 N–H and O–H groups in total. The zero-order valence-corrected chi connectivity index (χ0v) is 12.1. The average Bonchev–Trinajstić information content (AvgIpc) is 2.35. The first-order valence-electron chi connectivity index (χ1n) is 7.31. The van der Waals surface area contributed by atoms with Gasteiger partial charge < -0.3 is 5.11 Å². The van der Waals surface area contributed by atoms with E-state index in [0.717, 1.165) is 25.7 Å². The molecular formula is C15H28O3. The fourth-order valence-corrected chi connectivity index (χ4v) is 2.06. The number of ketones is 1. The molecule has 0 saturated carbocycles. The van der Waals surface area contributed by atoms with Gasteiger partial charge in [0.1, 0.15) is 11.7 Å². The molecule has 0 aliphatic heterocycles. The van der Waals surface area contributed by atoms with Crippen LogP contribution in [0.3, 0.4) is 0 Å². The molecule has 0 fully saturated rings. The second-order valence-electron chi connectivity index (χ2n) is 5.16. The summed E-state index contributed by atoms with van der Waals surface area (Å²) in [7, 11) is 0. The minimum atomic E-state index is -0.950. The van der Waals surface area contributed by atoms with Gasteiger partial charge in [0, 0.05) is 5.92 Å². The van der Waals surface area contributed by atoms with Crippen molar-refractivity contribution < 1.29 is 14.7 Å². The van der Waals surface area contributed by atoms with Crippen molar-refractivity contribution in [2.75, 3.05) is 0 Å². The molecule has 0 aromatic rings. The van der Waals surface area contributed by atoms with E-state index in [-0.39, 0.29) is 11.7 Å². The maximum atomic E-state index is 11.9. The molecule has 106 valence electrons. The van der Waals surface area contributed by atoms with Crippen molar-refractivity contribution in [2.24, 2.45) is 11.8 Å². The Morgan fingerprint density at radius 3 is 2.06 bits per heavy atom. The zero-order valence-electron chi connectivity index (χ0n) is 12.1. The Morgan fingerprint density at radius 2 is 1.56 bits per heavy atom. The Hall–Kier alpha value is -0.860. The number of unbranched alkanes of at least 4 members (excludes halogenated alkanes) is 5. The lowest BCUT2D eigenvalue weighted by Gasteiger charge is -2.15. The smallest absolute Gasteiger partial charge is 0.314 e. The fourth-order valence-electron chi connectivity index (χ4n) is 2.06. The third kappa shape index (κ3) is 6.77. The molecule has 18 heavy (non-hydrogen) atoms. The first-order valence-corrected chi connectivity index (χ1v) is 7.31. The number of carboxylic acid groups (broad SMARTS) is 1. The summed E-state index contributed by atoms with van der Waals surface area (Å²) in [5.41, 5.74) is 0. The summed E-state index contributed by atoms with van der Waals surface area (Å²) >= 11 is 0. The molecule has 0 aliphatic carbocycles. The molecule has 0 spiro atoms. The van der Waals surface area contributed by atoms with Gasteiger partial charge in [0.25, 0.3) is 0 Å². The minimum Gasteiger partial charge on any atom is -0.481 e. The van der Waals surface area contributed by atoms with Crippen LogP contribution in [0.25, 0.3) is 0 Å². The molecule has 0 heterocycles. The summed E-state index contributed by atoms with van der Waals surface area (Å²) < 4.78 is 0. The SMILES string of the molecule is CCCCCCCCC(C(=O)O)C(=O)C(C)CC. The average molecular weight is 256 g/mol. The Labute approximate surface area is 111 Å². The van der Waals surface area contributed by atoms with Crippen molar-refractivity contribution in [3.8, 4) is 0 Å². The predicted octanol–water partition coefficient (Wildman–Crippen LogP) is 4.05. The molecule has 2 atom stereocenters. The second-order valence-corrected chi connectivity index (χ2v) is 5.16. The lowest BCUT2D eigenvalue weighted by atomic mass is 9.88. The van der Waals surface area contributed by atoms with Crippen LogP contribution in [0.5, 0.6) is 0 Å². The number of rotatable bonds is 11. The Bertz CT molecular complexity index is 248. The van der Waals surface area contributed by atoms with Gasteiger partial charge in [0.2, 0.25) is 0 Å². The molecule has 3 heteroatoms. The Balaban J connectivity index is 3.99. The summed E-state index contributed by atoms with van der Waals surface area (Å²) in [6.45, 7) is 5.91. The van der Waals surface area contributed by atoms with E-state index < -0.39 is 11.9 Å². The summed E-state index contributed by atoms with van der Waals surface area (Å²) in [5, 5.41) is 9.11. The standard InChI is InChI=1S/C15H28O3/c1-4-6-7-8-9-10-11-13(15(17)18)14(16)12(3)5-2/h12-13H,4-11H2,1-3H3,(H,17,18). The van der Waals surface area contributed by atoms with Crippen LogP contribution in [0.1, 0.15) is 72.1 Å². The van der Waals surface area contributed by atoms with Gasteiger partial charge in [0.15, 0.2) is 0 Å². The highest BCUT2D eigenvalue weighted by Gasteiger charge is 2.28. The van der Waals surface area contributed by atoms with E-state index in [1.807, 2.05) is 13.8 Å². The number of carboxylic acids is 1. The number of aliphatic carboxylic acids is 1. The van der Waals surface area contributed by atoms with Crippen LogP contribution in [-0.2, 0) is 9.59 Å². The normalized spacial score (nSPS) is 14.2. The Kier molecular flexibility index (Phi) is 9.62. The maximum absolute atomic E-state index is 11.9. The third-order valence-corrected chi connectivity index (χ3v) is 3.59. The topological polar surface area (TPSA) is 54.4 Å². The van der Waals surface area contributed by atoms with Crippen LogP contribution >= 0.6 is 0 Å². The zero-order chi connectivity index (χ0) is 14.0. The minimum absolute atomic E-state index is 0.0986. The lowest BCUT2D eigenvalue weighted by molar-refractivity contribution is -0.147. The van der Waals surface area contributed by atoms with Gasteiger partial charge >= 0.3 is 5.97 Å². The summed E-state index contributed by atoms with van der Waals surface area (Å²) in [4.78, 5) is 23.0. The van der Waals surface area contributed by atoms with Gasteiger partial charge in [0.05, 0.1) is 0 Å². The molecule has 0 aromatic carbocycles. The highest BCUT2D eigenvalue weighted by molar-refractivity contribution is 5.99. The number of carbonyl (C=O) groups is 2. The molecule has 0 bridgehead atoms. The van der Waals surface area contributed by atoms with Crippen molar-refractivity contribution in [1.82, 2.24) is 0 Å². The highest BCUT2D eigenvalue weighted by atomic mass is 16.4. The molecule has 3 nitrogen and oxygen atoms in total. The van der Waals surface area contributed by atoms with Crippen molar-refractivity contribution in [3.63, 3.8) is 0 Å². The lowest BCUT2D eigenvalue weighted by Crippen LogP contribution is -2.28. The largest absolute Gasteiger partial charge is 0.481 e. The van der Waals surface area contributed by atoms with E-state index in [1.165, 1.54) is 19.3 Å². The van der Waals surface area contributed by atoms with E-state index in [0.29, 0.717) is 6.42 Å². The van der Waals surface area contributed by atoms with E-state index in [1.54, 1.807) is 0 Å². The number of Topliss-reactive ketones (excluding diaryl/α,β-unsaturated/α-hetero) is 1. The molecule has 0 aromatic heterocycles. The maximum Gasteiger partial charge on any atom is 0.314 e. The van der Waals surface area contributed by atoms with E-state index >= 15 is 0 Å². The first-order chi connectivity index (χ1) is 8.54. The van der Waals surface area contributed by atoms with Crippen LogP contribution < -0.4 is 0 Å². The monoisotopic (exact) mass is 256 g/mol. The van der Waals surface area contributed by atoms with E-state index in [4.69, 9.17) is 5.11 Å². The Morgan fingerprint density at radius 1 is 1.00 bits per heavy atom. The van der Waals surface area contributed by atoms with Gasteiger partial charge in [-0.15, -0.1) is 0 Å². The molecular weight excluding hydrogens is 228 g/mol. The number of carbonyl (C=O) groups excluding carboxylic acids is 1. The van der Waals surface area contributed by atoms with Crippen molar-refractivity contribution in [3.05, 3.63) is 0 Å². The van der Waals surface area contributed by atoms with Gasteiger partial charge in [-0.05, 0) is 12.8 Å². The van der Waals surface area contributed by atoms with Crippen LogP contribution in [0.2, 0.25) is 0 Å². The molecule has 0 aliphatic rings. The predicted molar refractivity (Wildman–Crippen MR) is 73.6 cm³/mol. The summed E-state index contributed by atoms with van der Waals surface area (Å²) in [5.74, 6) is -1.97. The van der Waals surface area contributed by atoms with E-state index in [2.05, 4.69) is 6.92 Å². The van der Waals surface area contributed by atoms with Gasteiger partial charge in [-0.3, -0.25) is 9.59 Å². The van der Waals surface area contributed by atoms with Crippen molar-refractivity contribution in [2.45, 2.75) is 72.1 Å². The quantitative estimate of drug-likeness (QED) is 0.448. The summed E-state index contributed by atoms with van der Waals surface area (Å²) in [6, 6.07) is 0. The molecule has 0 rings (SSSR count). The number of hydrogen-bond donors (Lipinski definition) is 1. The van der Waals surface area contributed by atoms with Gasteiger partial charge in [-0.1, -0.05) is 59.3 Å². The van der Waals surface area contributed by atoms with Crippen LogP contribution in [-0.4, -0.2) is 16.9 Å². The van der Waals surface area contributed by atoms with Gasteiger partial charge in [-0.25, -0.2) is 0 Å². The molecule has 0 saturated heterocycles. The third-order valence-electron chi connectivity index (χ3n) is 3.59. The van der Waals surface area contributed by atoms with Crippen LogP contribution in [0.15, 0.2) is 0 Å². The van der Waals surface area contributed by atoms with Crippen molar-refractivity contribution >= 4 is 11.8 Å².